The maximum atomic E-state index is 13.0. The predicted octanol–water partition coefficient (Wildman–Crippen LogP) is 6.51. The van der Waals surface area contributed by atoms with Crippen LogP contribution in [0.4, 0.5) is 0 Å². The van der Waals surface area contributed by atoms with E-state index in [0.717, 1.165) is 38.5 Å². The van der Waals surface area contributed by atoms with Crippen LogP contribution in [0.2, 0.25) is 0 Å². The van der Waals surface area contributed by atoms with E-state index in [9.17, 15) is 39.0 Å². The van der Waals surface area contributed by atoms with Gasteiger partial charge in [-0.3, -0.25) is 0 Å². The van der Waals surface area contributed by atoms with Crippen LogP contribution in [0.25, 0.3) is 0 Å². The first-order chi connectivity index (χ1) is 28.7. The molecule has 4 spiro atoms. The second-order valence-electron chi connectivity index (χ2n) is 16.0. The molecule has 7 aliphatic rings. The summed E-state index contributed by atoms with van der Waals surface area (Å²) in [5.41, 5.74) is -1.13. The molecule has 3 aliphatic carbocycles. The van der Waals surface area contributed by atoms with Crippen LogP contribution in [0.1, 0.15) is 104 Å². The first-order valence-corrected chi connectivity index (χ1v) is 20.5. The zero-order valence-electron chi connectivity index (χ0n) is 33.4. The Kier molecular flexibility index (Phi) is 11.8. The third kappa shape index (κ3) is 8.77. The number of hydrogen-bond acceptors (Lipinski definition) is 16. The normalized spacial score (nSPS) is 33.7. The van der Waals surface area contributed by atoms with E-state index in [0.29, 0.717) is 37.5 Å². The molecule has 0 radical (unpaired) electrons. The van der Waals surface area contributed by atoms with Crippen LogP contribution in [0.15, 0.2) is 94.9 Å². The third-order valence-electron chi connectivity index (χ3n) is 12.2. The van der Waals surface area contributed by atoms with Crippen molar-refractivity contribution >= 4 is 35.8 Å². The fraction of sp³-hybridized carbons (Fsp3) is 0.500. The van der Waals surface area contributed by atoms with Gasteiger partial charge in [0, 0.05) is 51.4 Å². The van der Waals surface area contributed by atoms with Gasteiger partial charge in [0.2, 0.25) is 0 Å². The molecule has 0 aromatic rings. The Morgan fingerprint density at radius 2 is 0.733 bits per heavy atom. The molecule has 0 bridgehead atoms. The largest absolute Gasteiger partial charge is 0.480 e. The first kappa shape index (κ1) is 42.1. The topological polar surface area (TPSA) is 217 Å². The Morgan fingerprint density at radius 3 is 1.03 bits per heavy atom. The van der Waals surface area contributed by atoms with Crippen LogP contribution in [0, 0.1) is 11.8 Å². The van der Waals surface area contributed by atoms with Crippen LogP contribution in [-0.2, 0) is 66.7 Å². The van der Waals surface area contributed by atoms with Crippen LogP contribution in [-0.4, -0.2) is 69.2 Å². The minimum absolute atomic E-state index is 0.0751. The van der Waals surface area contributed by atoms with E-state index in [4.69, 9.17) is 37.9 Å². The van der Waals surface area contributed by atoms with Crippen molar-refractivity contribution in [2.75, 3.05) is 0 Å². The highest BCUT2D eigenvalue weighted by Crippen LogP contribution is 2.47. The number of aliphatic hydroxyl groups is 2. The second kappa shape index (κ2) is 16.9. The van der Waals surface area contributed by atoms with Gasteiger partial charge >= 0.3 is 35.8 Å². The van der Waals surface area contributed by atoms with Gasteiger partial charge in [-0.15, -0.1) is 0 Å². The SMILES string of the molecule is CCC1CCC2(CC1)OC(=O)C(=CC=CC=CC1=C(O)OC3(CCC4(CC3)OC(=O)C(C=CC=CC=C3C(=O)OC5(CCC(CC)CC5)OC3=O)=C(O)O4)OC1=O)C(=O)O2. The van der Waals surface area contributed by atoms with Gasteiger partial charge in [0.25, 0.3) is 35.0 Å². The molecule has 16 heteroatoms. The summed E-state index contributed by atoms with van der Waals surface area (Å²) in [7, 11) is 0. The summed E-state index contributed by atoms with van der Waals surface area (Å²) in [4.78, 5) is 76.5. The summed E-state index contributed by atoms with van der Waals surface area (Å²) in [6, 6.07) is 0. The molecule has 0 unspecified atom stereocenters. The lowest BCUT2D eigenvalue weighted by atomic mass is 9.83. The summed E-state index contributed by atoms with van der Waals surface area (Å²) in [5.74, 6) is -10.9. The highest BCUT2D eigenvalue weighted by molar-refractivity contribution is 6.16. The molecule has 16 nitrogen and oxygen atoms in total. The predicted molar refractivity (Wildman–Crippen MR) is 205 cm³/mol. The van der Waals surface area contributed by atoms with E-state index < -0.39 is 70.9 Å². The number of aliphatic hydroxyl groups excluding tert-OH is 2. The summed E-state index contributed by atoms with van der Waals surface area (Å²) in [6.45, 7) is 4.19. The van der Waals surface area contributed by atoms with Crippen molar-refractivity contribution in [3.8, 4) is 0 Å². The fourth-order valence-corrected chi connectivity index (χ4v) is 8.40. The minimum Gasteiger partial charge on any atom is -0.480 e. The van der Waals surface area contributed by atoms with Crippen LogP contribution < -0.4 is 0 Å². The molecule has 320 valence electrons. The van der Waals surface area contributed by atoms with Gasteiger partial charge in [0.05, 0.1) is 0 Å². The highest BCUT2D eigenvalue weighted by atomic mass is 16.8. The van der Waals surface area contributed by atoms with Crippen LogP contribution >= 0.6 is 0 Å². The highest BCUT2D eigenvalue weighted by Gasteiger charge is 2.55. The molecule has 0 amide bonds. The number of ether oxygens (including phenoxy) is 8. The van der Waals surface area contributed by atoms with Gasteiger partial charge in [0.15, 0.2) is 0 Å². The van der Waals surface area contributed by atoms with E-state index in [1.54, 1.807) is 0 Å². The standard InChI is InChI=1S/C44H48O16/c1-3-27-15-19-41(20-16-27)53-33(45)29(34(46)54-41)11-7-5-9-13-31-37(49)57-43(58-38(31)50)23-25-44(26-24-43)59-39(51)32(40(52)60-44)14-10-6-8-12-30-35(47)55-42(56-36(30)48)21-17-28(4-2)18-22-42/h5-14,27-28,49,51H,3-4,15-26H2,1-2H3. The Bertz CT molecular complexity index is 1860. The molecule has 3 saturated carbocycles. The van der Waals surface area contributed by atoms with Gasteiger partial charge in [-0.05, 0) is 61.8 Å². The summed E-state index contributed by atoms with van der Waals surface area (Å²) in [5, 5.41) is 21.3. The Balaban J connectivity index is 0.897. The van der Waals surface area contributed by atoms with Crippen molar-refractivity contribution in [1.82, 2.24) is 0 Å². The molecular formula is C44H48O16. The Hall–Kier alpha value is -6.06. The van der Waals surface area contributed by atoms with Gasteiger partial charge in [-0.25, -0.2) is 28.8 Å². The van der Waals surface area contributed by atoms with Crippen molar-refractivity contribution in [3.63, 3.8) is 0 Å². The number of esters is 6. The number of rotatable bonds is 8. The lowest BCUT2D eigenvalue weighted by Crippen LogP contribution is -2.53. The van der Waals surface area contributed by atoms with Gasteiger partial charge < -0.3 is 48.1 Å². The fourth-order valence-electron chi connectivity index (χ4n) is 8.40. The lowest BCUT2D eigenvalue weighted by molar-refractivity contribution is -0.302. The average molecular weight is 833 g/mol. The van der Waals surface area contributed by atoms with E-state index in [2.05, 4.69) is 13.8 Å². The second-order valence-corrected chi connectivity index (χ2v) is 16.0. The van der Waals surface area contributed by atoms with Gasteiger partial charge in [-0.1, -0.05) is 63.1 Å². The quantitative estimate of drug-likeness (QED) is 0.0876. The van der Waals surface area contributed by atoms with Crippen molar-refractivity contribution in [3.05, 3.63) is 94.9 Å². The first-order valence-electron chi connectivity index (χ1n) is 20.5. The lowest BCUT2D eigenvalue weighted by Gasteiger charge is -2.46. The van der Waals surface area contributed by atoms with E-state index in [1.807, 2.05) is 0 Å². The molecule has 0 atom stereocenters. The molecule has 4 heterocycles. The van der Waals surface area contributed by atoms with Crippen molar-refractivity contribution in [2.24, 2.45) is 11.8 Å². The molecule has 0 aromatic carbocycles. The van der Waals surface area contributed by atoms with Crippen LogP contribution in [0.5, 0.6) is 0 Å². The maximum Gasteiger partial charge on any atom is 0.348 e. The zero-order chi connectivity index (χ0) is 42.7. The summed E-state index contributed by atoms with van der Waals surface area (Å²) in [6.07, 6.45) is 20.0. The Labute approximate surface area is 345 Å². The number of hydrogen-bond donors (Lipinski definition) is 2. The maximum absolute atomic E-state index is 13.0. The molecule has 0 aromatic heterocycles. The van der Waals surface area contributed by atoms with Gasteiger partial charge in [-0.2, -0.15) is 0 Å². The third-order valence-corrected chi connectivity index (χ3v) is 12.2. The average Bonchev–Trinajstić information content (AvgIpc) is 3.20. The summed E-state index contributed by atoms with van der Waals surface area (Å²) >= 11 is 0. The van der Waals surface area contributed by atoms with Crippen molar-refractivity contribution in [1.29, 1.82) is 0 Å². The van der Waals surface area contributed by atoms with E-state index in [-0.39, 0.29) is 48.0 Å². The Morgan fingerprint density at radius 1 is 0.433 bits per heavy atom. The molecule has 5 fully saturated rings. The van der Waals surface area contributed by atoms with E-state index in [1.165, 1.54) is 60.8 Å². The van der Waals surface area contributed by atoms with Crippen molar-refractivity contribution in [2.45, 2.75) is 127 Å². The summed E-state index contributed by atoms with van der Waals surface area (Å²) < 4.78 is 44.6. The monoisotopic (exact) mass is 832 g/mol. The number of carbonyl (C=O) groups is 6. The molecule has 2 N–H and O–H groups in total. The molecular weight excluding hydrogens is 784 g/mol. The van der Waals surface area contributed by atoms with Crippen LogP contribution in [0.3, 0.4) is 0 Å². The number of carbonyl (C=O) groups excluding carboxylic acids is 6. The molecule has 2 saturated heterocycles. The molecule has 60 heavy (non-hydrogen) atoms. The number of allylic oxidation sites excluding steroid dienone is 8. The smallest absolute Gasteiger partial charge is 0.348 e. The zero-order valence-corrected chi connectivity index (χ0v) is 33.4. The minimum atomic E-state index is -1.60. The van der Waals surface area contributed by atoms with E-state index >= 15 is 0 Å². The molecule has 4 aliphatic heterocycles. The molecule has 7 rings (SSSR count). The van der Waals surface area contributed by atoms with Gasteiger partial charge in [0.1, 0.15) is 22.3 Å². The van der Waals surface area contributed by atoms with Crippen molar-refractivity contribution < 1.29 is 76.9 Å².